The molecule has 2 aromatic carbocycles. The van der Waals surface area contributed by atoms with E-state index in [-0.39, 0.29) is 17.5 Å². The average Bonchev–Trinajstić information content (AvgIpc) is 2.84. The minimum Gasteiger partial charge on any atom is -0.457 e. The van der Waals surface area contributed by atoms with Gasteiger partial charge < -0.3 is 30.2 Å². The Balaban J connectivity index is 1.43. The van der Waals surface area contributed by atoms with Crippen LogP contribution in [0.15, 0.2) is 60.8 Å². The first-order valence-corrected chi connectivity index (χ1v) is 12.3. The van der Waals surface area contributed by atoms with Crippen molar-refractivity contribution in [2.24, 2.45) is 5.73 Å². The lowest BCUT2D eigenvalue weighted by molar-refractivity contribution is 0.0500. The van der Waals surface area contributed by atoms with Crippen molar-refractivity contribution in [2.75, 3.05) is 18.0 Å². The number of carbonyl (C=O) groups is 2. The third kappa shape index (κ3) is 7.34. The molecule has 1 unspecified atom stereocenters. The average molecular weight is 523 g/mol. The summed E-state index contributed by atoms with van der Waals surface area (Å²) in [5, 5.41) is 2.91. The van der Waals surface area contributed by atoms with Crippen molar-refractivity contribution < 1.29 is 28.2 Å². The van der Waals surface area contributed by atoms with E-state index in [1.807, 2.05) is 25.7 Å². The summed E-state index contributed by atoms with van der Waals surface area (Å²) in [6.07, 6.45) is 2.80. The van der Waals surface area contributed by atoms with Gasteiger partial charge >= 0.3 is 6.09 Å². The van der Waals surface area contributed by atoms with Crippen molar-refractivity contribution in [1.29, 1.82) is 0 Å². The number of hydrogen-bond acceptors (Lipinski definition) is 7. The predicted octanol–water partition coefficient (Wildman–Crippen LogP) is 5.40. The molecule has 9 nitrogen and oxygen atoms in total. The minimum atomic E-state index is -0.680. The number of rotatable bonds is 7. The number of halogens is 1. The van der Waals surface area contributed by atoms with Gasteiger partial charge in [0.2, 0.25) is 5.88 Å². The number of hydrogen-bond donors (Lipinski definition) is 2. The van der Waals surface area contributed by atoms with E-state index < -0.39 is 23.4 Å². The van der Waals surface area contributed by atoms with E-state index in [1.54, 1.807) is 48.7 Å². The number of anilines is 1. The maximum atomic E-state index is 13.4. The quantitative estimate of drug-likeness (QED) is 0.427. The van der Waals surface area contributed by atoms with E-state index in [1.165, 1.54) is 12.1 Å². The Hall–Kier alpha value is -4.34. The van der Waals surface area contributed by atoms with Gasteiger partial charge in [0.15, 0.2) is 0 Å². The van der Waals surface area contributed by atoms with E-state index in [0.29, 0.717) is 29.5 Å². The molecule has 0 saturated carbocycles. The Morgan fingerprint density at radius 1 is 1.05 bits per heavy atom. The van der Waals surface area contributed by atoms with Crippen LogP contribution in [0.1, 0.15) is 44.0 Å². The molecule has 0 radical (unpaired) electrons. The molecule has 1 aliphatic rings. The molecular formula is C28H31FN4O5. The second kappa shape index (κ2) is 11.4. The van der Waals surface area contributed by atoms with E-state index in [2.05, 4.69) is 10.3 Å². The van der Waals surface area contributed by atoms with Crippen LogP contribution < -0.4 is 25.4 Å². The zero-order valence-corrected chi connectivity index (χ0v) is 21.6. The fraction of sp³-hybridized carbons (Fsp3) is 0.321. The van der Waals surface area contributed by atoms with E-state index in [4.69, 9.17) is 19.9 Å². The molecule has 0 aliphatic carbocycles. The predicted molar refractivity (Wildman–Crippen MR) is 140 cm³/mol. The topological polar surface area (TPSA) is 116 Å². The summed E-state index contributed by atoms with van der Waals surface area (Å²) in [6, 6.07) is 14.0. The Labute approximate surface area is 220 Å². The van der Waals surface area contributed by atoms with Gasteiger partial charge in [0.25, 0.3) is 5.91 Å². The van der Waals surface area contributed by atoms with Crippen LogP contribution in [0.5, 0.6) is 23.1 Å². The summed E-state index contributed by atoms with van der Waals surface area (Å²) < 4.78 is 30.2. The molecule has 3 aromatic rings. The Morgan fingerprint density at radius 3 is 2.42 bits per heavy atom. The summed E-state index contributed by atoms with van der Waals surface area (Å²) in [6.45, 7) is 6.71. The maximum Gasteiger partial charge on any atom is 0.407 e. The molecule has 3 N–H and O–H groups in total. The SMILES string of the molecule is CC(C)(C)OC(=O)NC1CCCN(c2cnc(Oc3ccc(Oc4cccc(F)c4)cc3)c(C(N)=O)c2)C1. The number of nitrogens with zero attached hydrogens (tertiary/aromatic N) is 2. The standard InChI is InChI=1S/C28H31FN4O5/c1-28(2,3)38-27(35)32-19-7-5-13-33(17-19)20-15-24(25(30)34)26(31-16-20)37-22-11-9-21(10-12-22)36-23-8-4-6-18(29)14-23/h4,6,8-12,14-16,19H,5,7,13,17H2,1-3H3,(H2,30,34)(H,32,35). The summed E-state index contributed by atoms with van der Waals surface area (Å²) in [5.41, 5.74) is 5.88. The number of pyridine rings is 1. The van der Waals surface area contributed by atoms with Crippen molar-refractivity contribution in [1.82, 2.24) is 10.3 Å². The van der Waals surface area contributed by atoms with Gasteiger partial charge in [-0.2, -0.15) is 0 Å². The molecule has 1 aromatic heterocycles. The lowest BCUT2D eigenvalue weighted by Crippen LogP contribution is -2.49. The van der Waals surface area contributed by atoms with Crippen LogP contribution in [0, 0.1) is 5.82 Å². The molecular weight excluding hydrogens is 491 g/mol. The zero-order chi connectivity index (χ0) is 27.3. The number of primary amides is 1. The van der Waals surface area contributed by atoms with Gasteiger partial charge in [-0.1, -0.05) is 6.07 Å². The number of piperidine rings is 1. The summed E-state index contributed by atoms with van der Waals surface area (Å²) in [5.74, 6) is 0.268. The monoisotopic (exact) mass is 522 g/mol. The van der Waals surface area contributed by atoms with Crippen molar-refractivity contribution >= 4 is 17.7 Å². The molecule has 0 bridgehead atoms. The minimum absolute atomic E-state index is 0.0699. The van der Waals surface area contributed by atoms with Crippen LogP contribution in [-0.2, 0) is 4.74 Å². The highest BCUT2D eigenvalue weighted by Gasteiger charge is 2.25. The molecule has 10 heteroatoms. The number of nitrogens with two attached hydrogens (primary N) is 1. The number of ether oxygens (including phenoxy) is 3. The van der Waals surface area contributed by atoms with Crippen molar-refractivity contribution in [2.45, 2.75) is 45.3 Å². The fourth-order valence-electron chi connectivity index (χ4n) is 4.03. The second-order valence-electron chi connectivity index (χ2n) is 9.97. The molecule has 1 saturated heterocycles. The molecule has 1 fully saturated rings. The fourth-order valence-corrected chi connectivity index (χ4v) is 4.03. The third-order valence-corrected chi connectivity index (χ3v) is 5.68. The largest absolute Gasteiger partial charge is 0.457 e. The van der Waals surface area contributed by atoms with Crippen molar-refractivity contribution in [3.63, 3.8) is 0 Å². The summed E-state index contributed by atoms with van der Waals surface area (Å²) >= 11 is 0. The molecule has 2 amide bonds. The summed E-state index contributed by atoms with van der Waals surface area (Å²) in [4.78, 5) is 30.8. The number of carbonyl (C=O) groups excluding carboxylic acids is 2. The second-order valence-corrected chi connectivity index (χ2v) is 9.97. The third-order valence-electron chi connectivity index (χ3n) is 5.68. The van der Waals surface area contributed by atoms with Crippen molar-refractivity contribution in [3.8, 4) is 23.1 Å². The van der Waals surface area contributed by atoms with Crippen LogP contribution in [0.2, 0.25) is 0 Å². The molecule has 0 spiro atoms. The van der Waals surface area contributed by atoms with Crippen LogP contribution >= 0.6 is 0 Å². The first-order chi connectivity index (χ1) is 18.1. The smallest absolute Gasteiger partial charge is 0.407 e. The number of alkyl carbamates (subject to hydrolysis) is 1. The Morgan fingerprint density at radius 2 is 1.76 bits per heavy atom. The number of nitrogens with one attached hydrogen (secondary N) is 1. The molecule has 38 heavy (non-hydrogen) atoms. The highest BCUT2D eigenvalue weighted by atomic mass is 19.1. The van der Waals surface area contributed by atoms with Crippen LogP contribution in [0.25, 0.3) is 0 Å². The van der Waals surface area contributed by atoms with Crippen LogP contribution in [-0.4, -0.2) is 41.7 Å². The first-order valence-electron chi connectivity index (χ1n) is 12.3. The number of amides is 2. The van der Waals surface area contributed by atoms with Crippen molar-refractivity contribution in [3.05, 3.63) is 72.2 Å². The molecule has 200 valence electrons. The highest BCUT2D eigenvalue weighted by Crippen LogP contribution is 2.30. The van der Waals surface area contributed by atoms with Gasteiger partial charge in [0.05, 0.1) is 11.9 Å². The zero-order valence-electron chi connectivity index (χ0n) is 21.6. The molecule has 4 rings (SSSR count). The van der Waals surface area contributed by atoms with Gasteiger partial charge in [-0.3, -0.25) is 4.79 Å². The van der Waals surface area contributed by atoms with E-state index in [0.717, 1.165) is 19.4 Å². The lowest BCUT2D eigenvalue weighted by atomic mass is 10.0. The van der Waals surface area contributed by atoms with E-state index >= 15 is 0 Å². The Bertz CT molecular complexity index is 1290. The van der Waals surface area contributed by atoms with Gasteiger partial charge in [-0.05, 0) is 76.1 Å². The molecule has 1 aliphatic heterocycles. The Kier molecular flexibility index (Phi) is 7.99. The van der Waals surface area contributed by atoms with Gasteiger partial charge in [0.1, 0.15) is 34.2 Å². The van der Waals surface area contributed by atoms with E-state index in [9.17, 15) is 14.0 Å². The van der Waals surface area contributed by atoms with Gasteiger partial charge in [-0.15, -0.1) is 0 Å². The first kappa shape index (κ1) is 26.7. The maximum absolute atomic E-state index is 13.4. The van der Waals surface area contributed by atoms with Gasteiger partial charge in [-0.25, -0.2) is 14.2 Å². The normalized spacial score (nSPS) is 15.5. The molecule has 2 heterocycles. The highest BCUT2D eigenvalue weighted by molar-refractivity contribution is 5.96. The number of aromatic nitrogens is 1. The number of benzene rings is 2. The van der Waals surface area contributed by atoms with Crippen LogP contribution in [0.3, 0.4) is 0 Å². The summed E-state index contributed by atoms with van der Waals surface area (Å²) in [7, 11) is 0. The molecule has 1 atom stereocenters. The van der Waals surface area contributed by atoms with Crippen LogP contribution in [0.4, 0.5) is 14.9 Å². The van der Waals surface area contributed by atoms with Gasteiger partial charge in [0, 0.05) is 25.2 Å². The lowest BCUT2D eigenvalue weighted by Gasteiger charge is -2.35.